The number of aryl methyl sites for hydroxylation is 1. The van der Waals surface area contributed by atoms with Gasteiger partial charge in [0.15, 0.2) is 5.65 Å². The summed E-state index contributed by atoms with van der Waals surface area (Å²) in [6.45, 7) is 8.21. The Labute approximate surface area is 180 Å². The second-order valence-corrected chi connectivity index (χ2v) is 9.27. The van der Waals surface area contributed by atoms with Gasteiger partial charge >= 0.3 is 0 Å². The smallest absolute Gasteiger partial charge is 0.252 e. The Bertz CT molecular complexity index is 1080. The van der Waals surface area contributed by atoms with Gasteiger partial charge < -0.3 is 10.2 Å². The number of hydrogen-bond donors (Lipinski definition) is 1. The predicted octanol–water partition coefficient (Wildman–Crippen LogP) is 3.79. The molecule has 0 aromatic carbocycles. The Morgan fingerprint density at radius 2 is 2.17 bits per heavy atom. The number of fused-ring (bicyclic) bond motifs is 1. The second-order valence-electron chi connectivity index (χ2n) is 7.98. The molecule has 7 nitrogen and oxygen atoms in total. The third kappa shape index (κ3) is 4.09. The maximum absolute atomic E-state index is 13.0. The van der Waals surface area contributed by atoms with E-state index >= 15 is 0 Å². The number of pyridine rings is 1. The van der Waals surface area contributed by atoms with Crippen molar-refractivity contribution in [2.75, 3.05) is 19.6 Å². The van der Waals surface area contributed by atoms with E-state index in [9.17, 15) is 9.59 Å². The molecule has 3 aromatic rings. The molecule has 3 aromatic heterocycles. The molecular weight excluding hydrogens is 398 g/mol. The Hall–Kier alpha value is -2.74. The molecule has 158 valence electrons. The van der Waals surface area contributed by atoms with E-state index in [0.717, 1.165) is 41.0 Å². The standard InChI is InChI=1S/C22H27N5O2S/c1-14(2)27-21-17(13-24-27)16(12-18(25-21)19-8-7-15(3)30-19)22(29)23-9-5-11-26-10-4-6-20(26)28/h7-8,12-14H,4-6,9-11H2,1-3H3,(H,23,29). The number of nitrogens with zero attached hydrogens (tertiary/aromatic N) is 4. The van der Waals surface area contributed by atoms with Gasteiger partial charge in [0.25, 0.3) is 5.91 Å². The van der Waals surface area contributed by atoms with Gasteiger partial charge in [0.05, 0.1) is 27.7 Å². The van der Waals surface area contributed by atoms with E-state index in [0.29, 0.717) is 25.1 Å². The average molecular weight is 426 g/mol. The molecule has 0 saturated carbocycles. The number of carbonyl (C=O) groups excluding carboxylic acids is 2. The van der Waals surface area contributed by atoms with Gasteiger partial charge in [-0.1, -0.05) is 0 Å². The normalized spacial score (nSPS) is 14.3. The number of aromatic nitrogens is 3. The lowest BCUT2D eigenvalue weighted by molar-refractivity contribution is -0.127. The van der Waals surface area contributed by atoms with Gasteiger partial charge in [0, 0.05) is 37.0 Å². The summed E-state index contributed by atoms with van der Waals surface area (Å²) in [6, 6.07) is 6.10. The number of rotatable bonds is 7. The Balaban J connectivity index is 1.57. The van der Waals surface area contributed by atoms with Crippen molar-refractivity contribution in [1.29, 1.82) is 0 Å². The van der Waals surface area contributed by atoms with Gasteiger partial charge in [-0.3, -0.25) is 9.59 Å². The van der Waals surface area contributed by atoms with Crippen LogP contribution in [0.3, 0.4) is 0 Å². The molecule has 1 aliphatic heterocycles. The first-order chi connectivity index (χ1) is 14.4. The first kappa shape index (κ1) is 20.5. The van der Waals surface area contributed by atoms with E-state index < -0.39 is 0 Å². The highest BCUT2D eigenvalue weighted by Crippen LogP contribution is 2.30. The predicted molar refractivity (Wildman–Crippen MR) is 119 cm³/mol. The minimum absolute atomic E-state index is 0.131. The fraction of sp³-hybridized carbons (Fsp3) is 0.455. The van der Waals surface area contributed by atoms with E-state index in [1.807, 2.05) is 21.7 Å². The van der Waals surface area contributed by atoms with Crippen LogP contribution in [0, 0.1) is 6.92 Å². The second kappa shape index (κ2) is 8.55. The van der Waals surface area contributed by atoms with Crippen molar-refractivity contribution in [3.63, 3.8) is 0 Å². The van der Waals surface area contributed by atoms with E-state index in [1.165, 1.54) is 4.88 Å². The molecule has 1 fully saturated rings. The maximum atomic E-state index is 13.0. The first-order valence-electron chi connectivity index (χ1n) is 10.4. The summed E-state index contributed by atoms with van der Waals surface area (Å²) < 4.78 is 1.86. The zero-order chi connectivity index (χ0) is 21.3. The van der Waals surface area contributed by atoms with Crippen LogP contribution in [0.25, 0.3) is 21.6 Å². The van der Waals surface area contributed by atoms with Crippen LogP contribution >= 0.6 is 11.3 Å². The molecule has 0 atom stereocenters. The van der Waals surface area contributed by atoms with Crippen molar-refractivity contribution in [2.45, 2.75) is 46.1 Å². The third-order valence-corrected chi connectivity index (χ3v) is 6.38. The molecular formula is C22H27N5O2S. The highest BCUT2D eigenvalue weighted by molar-refractivity contribution is 7.15. The van der Waals surface area contributed by atoms with Crippen molar-refractivity contribution in [3.05, 3.63) is 34.8 Å². The van der Waals surface area contributed by atoms with Gasteiger partial charge in [0.1, 0.15) is 0 Å². The van der Waals surface area contributed by atoms with Crippen LogP contribution in [-0.2, 0) is 4.79 Å². The monoisotopic (exact) mass is 425 g/mol. The van der Waals surface area contributed by atoms with Crippen LogP contribution in [0.15, 0.2) is 24.4 Å². The van der Waals surface area contributed by atoms with Crippen molar-refractivity contribution < 1.29 is 9.59 Å². The minimum atomic E-state index is -0.131. The fourth-order valence-electron chi connectivity index (χ4n) is 3.79. The third-order valence-electron chi connectivity index (χ3n) is 5.36. The highest BCUT2D eigenvalue weighted by Gasteiger charge is 2.21. The topological polar surface area (TPSA) is 80.1 Å². The van der Waals surface area contributed by atoms with Gasteiger partial charge in [0.2, 0.25) is 5.91 Å². The molecule has 0 radical (unpaired) electrons. The lowest BCUT2D eigenvalue weighted by Crippen LogP contribution is -2.30. The molecule has 4 heterocycles. The van der Waals surface area contributed by atoms with E-state index in [2.05, 4.69) is 37.3 Å². The quantitative estimate of drug-likeness (QED) is 0.584. The summed E-state index contributed by atoms with van der Waals surface area (Å²) in [5.41, 5.74) is 2.10. The van der Waals surface area contributed by atoms with Crippen LogP contribution in [0.4, 0.5) is 0 Å². The molecule has 1 aliphatic rings. The number of carbonyl (C=O) groups is 2. The number of hydrogen-bond acceptors (Lipinski definition) is 5. The van der Waals surface area contributed by atoms with Gasteiger partial charge in [-0.15, -0.1) is 11.3 Å². The molecule has 8 heteroatoms. The molecule has 1 saturated heterocycles. The largest absolute Gasteiger partial charge is 0.352 e. The fourth-order valence-corrected chi connectivity index (χ4v) is 4.62. The minimum Gasteiger partial charge on any atom is -0.352 e. The zero-order valence-electron chi connectivity index (χ0n) is 17.6. The number of thiophene rings is 1. The number of nitrogens with one attached hydrogen (secondary N) is 1. The summed E-state index contributed by atoms with van der Waals surface area (Å²) >= 11 is 1.66. The maximum Gasteiger partial charge on any atom is 0.252 e. The van der Waals surface area contributed by atoms with Gasteiger partial charge in [-0.25, -0.2) is 9.67 Å². The van der Waals surface area contributed by atoms with E-state index in [-0.39, 0.29) is 17.9 Å². The molecule has 0 bridgehead atoms. The van der Waals surface area contributed by atoms with Crippen LogP contribution in [0.2, 0.25) is 0 Å². The van der Waals surface area contributed by atoms with Gasteiger partial charge in [-0.2, -0.15) is 5.10 Å². The first-order valence-corrected chi connectivity index (χ1v) is 11.3. The van der Waals surface area contributed by atoms with E-state index in [1.54, 1.807) is 17.5 Å². The summed E-state index contributed by atoms with van der Waals surface area (Å²) in [5, 5.41) is 8.24. The molecule has 4 rings (SSSR count). The summed E-state index contributed by atoms with van der Waals surface area (Å²) in [6.07, 6.45) is 4.05. The summed E-state index contributed by atoms with van der Waals surface area (Å²) in [7, 11) is 0. The number of amides is 2. The SMILES string of the molecule is Cc1ccc(-c2cc(C(=O)NCCCN3CCCC3=O)c3cnn(C(C)C)c3n2)s1. The average Bonchev–Trinajstić information content (AvgIpc) is 3.44. The lowest BCUT2D eigenvalue weighted by Gasteiger charge is -2.15. The summed E-state index contributed by atoms with van der Waals surface area (Å²) in [5.74, 6) is 0.0853. The van der Waals surface area contributed by atoms with Crippen molar-refractivity contribution >= 4 is 34.2 Å². The van der Waals surface area contributed by atoms with Crippen molar-refractivity contribution in [1.82, 2.24) is 25.0 Å². The van der Waals surface area contributed by atoms with E-state index in [4.69, 9.17) is 4.98 Å². The molecule has 0 unspecified atom stereocenters. The Morgan fingerprint density at radius 1 is 1.33 bits per heavy atom. The molecule has 0 spiro atoms. The Morgan fingerprint density at radius 3 is 2.83 bits per heavy atom. The zero-order valence-corrected chi connectivity index (χ0v) is 18.5. The summed E-state index contributed by atoms with van der Waals surface area (Å²) in [4.78, 5) is 33.7. The van der Waals surface area contributed by atoms with Crippen LogP contribution in [-0.4, -0.2) is 51.1 Å². The van der Waals surface area contributed by atoms with Crippen LogP contribution < -0.4 is 5.32 Å². The van der Waals surface area contributed by atoms with Crippen molar-refractivity contribution in [3.8, 4) is 10.6 Å². The molecule has 30 heavy (non-hydrogen) atoms. The molecule has 0 aliphatic carbocycles. The number of likely N-dealkylation sites (tertiary alicyclic amines) is 1. The van der Waals surface area contributed by atoms with Crippen LogP contribution in [0.5, 0.6) is 0 Å². The Kier molecular flexibility index (Phi) is 5.85. The molecule has 2 amide bonds. The highest BCUT2D eigenvalue weighted by atomic mass is 32.1. The van der Waals surface area contributed by atoms with Crippen molar-refractivity contribution in [2.24, 2.45) is 0 Å². The lowest BCUT2D eigenvalue weighted by atomic mass is 10.1. The van der Waals surface area contributed by atoms with Gasteiger partial charge in [-0.05, 0) is 51.8 Å². The van der Waals surface area contributed by atoms with Crippen LogP contribution in [0.1, 0.15) is 54.4 Å². The molecule has 1 N–H and O–H groups in total.